The van der Waals surface area contributed by atoms with Gasteiger partial charge in [0, 0.05) is 17.2 Å². The molecule has 0 aliphatic heterocycles. The molecule has 1 aliphatic carbocycles. The molecule has 118 valence electrons. The zero-order valence-corrected chi connectivity index (χ0v) is 14.2. The first kappa shape index (κ1) is 15.6. The minimum Gasteiger partial charge on any atom is -0.301 e. The topological polar surface area (TPSA) is 54.9 Å². The van der Waals surface area contributed by atoms with Crippen molar-refractivity contribution in [2.75, 3.05) is 5.32 Å². The predicted octanol–water partition coefficient (Wildman–Crippen LogP) is 4.61. The van der Waals surface area contributed by atoms with E-state index in [9.17, 15) is 4.79 Å². The van der Waals surface area contributed by atoms with Crippen LogP contribution in [0.2, 0.25) is 0 Å². The third-order valence-electron chi connectivity index (χ3n) is 4.05. The fourth-order valence-electron chi connectivity index (χ4n) is 2.86. The van der Waals surface area contributed by atoms with E-state index in [4.69, 9.17) is 0 Å². The Morgan fingerprint density at radius 3 is 2.91 bits per heavy atom. The van der Waals surface area contributed by atoms with Crippen LogP contribution < -0.4 is 5.32 Å². The van der Waals surface area contributed by atoms with E-state index in [0.29, 0.717) is 17.5 Å². The Kier molecular flexibility index (Phi) is 5.56. The van der Waals surface area contributed by atoms with Crippen LogP contribution in [0.25, 0.3) is 0 Å². The van der Waals surface area contributed by atoms with E-state index < -0.39 is 0 Å². The maximum absolute atomic E-state index is 12.0. The molecule has 2 aromatic rings. The third kappa shape index (κ3) is 4.36. The lowest BCUT2D eigenvalue weighted by atomic mass is 9.90. The number of carbonyl (C=O) groups is 1. The van der Waals surface area contributed by atoms with Crippen LogP contribution in [-0.4, -0.2) is 16.1 Å². The van der Waals surface area contributed by atoms with Crippen molar-refractivity contribution in [1.82, 2.24) is 10.2 Å². The van der Waals surface area contributed by atoms with Gasteiger partial charge < -0.3 is 5.32 Å². The third-order valence-corrected chi connectivity index (χ3v) is 5.99. The quantitative estimate of drug-likeness (QED) is 0.839. The van der Waals surface area contributed by atoms with E-state index in [-0.39, 0.29) is 5.91 Å². The van der Waals surface area contributed by atoms with Gasteiger partial charge >= 0.3 is 0 Å². The highest BCUT2D eigenvalue weighted by molar-refractivity contribution is 7.15. The van der Waals surface area contributed by atoms with Crippen molar-refractivity contribution in [2.24, 2.45) is 0 Å². The Morgan fingerprint density at radius 1 is 1.27 bits per heavy atom. The Hall–Kier alpha value is -1.27. The predicted molar refractivity (Wildman–Crippen MR) is 91.6 cm³/mol. The van der Waals surface area contributed by atoms with Gasteiger partial charge in [-0.15, -0.1) is 21.5 Å². The highest BCUT2D eigenvalue weighted by Crippen LogP contribution is 2.35. The number of amides is 1. The Labute approximate surface area is 139 Å². The summed E-state index contributed by atoms with van der Waals surface area (Å²) in [7, 11) is 0. The number of hydrogen-bond donors (Lipinski definition) is 1. The minimum absolute atomic E-state index is 0.0444. The van der Waals surface area contributed by atoms with Crippen molar-refractivity contribution in [3.63, 3.8) is 0 Å². The molecular formula is C16H21N3OS2. The number of carbonyl (C=O) groups excluding carboxylic acids is 1. The number of thiophene rings is 1. The maximum atomic E-state index is 12.0. The molecule has 2 aromatic heterocycles. The summed E-state index contributed by atoms with van der Waals surface area (Å²) in [6, 6.07) is 4.16. The molecule has 0 bridgehead atoms. The molecule has 0 saturated heterocycles. The van der Waals surface area contributed by atoms with Gasteiger partial charge in [0.2, 0.25) is 11.0 Å². The van der Waals surface area contributed by atoms with Crippen LogP contribution in [0.3, 0.4) is 0 Å². The molecule has 1 amide bonds. The molecule has 0 unspecified atom stereocenters. The largest absolute Gasteiger partial charge is 0.301 e. The average Bonchev–Trinajstić information content (AvgIpc) is 3.20. The van der Waals surface area contributed by atoms with Gasteiger partial charge in [0.05, 0.1) is 0 Å². The summed E-state index contributed by atoms with van der Waals surface area (Å²) in [6.45, 7) is 0. The number of rotatable bonds is 6. The van der Waals surface area contributed by atoms with Crippen molar-refractivity contribution < 1.29 is 4.79 Å². The average molecular weight is 335 g/mol. The van der Waals surface area contributed by atoms with E-state index in [1.165, 1.54) is 37.0 Å². The zero-order chi connectivity index (χ0) is 15.2. The number of aryl methyl sites for hydroxylation is 1. The van der Waals surface area contributed by atoms with E-state index in [2.05, 4.69) is 27.0 Å². The van der Waals surface area contributed by atoms with Crippen LogP contribution in [0.1, 0.15) is 60.7 Å². The second-order valence-electron chi connectivity index (χ2n) is 5.76. The number of hydrogen-bond acceptors (Lipinski definition) is 5. The van der Waals surface area contributed by atoms with Gasteiger partial charge in [0.15, 0.2) is 0 Å². The highest BCUT2D eigenvalue weighted by Gasteiger charge is 2.20. The molecule has 0 aromatic carbocycles. The molecule has 0 atom stereocenters. The minimum atomic E-state index is 0.0444. The van der Waals surface area contributed by atoms with Gasteiger partial charge in [-0.25, -0.2) is 0 Å². The van der Waals surface area contributed by atoms with Crippen LogP contribution in [0.4, 0.5) is 5.13 Å². The SMILES string of the molecule is O=C(CCCc1cccs1)Nc1nnc(C2CCCCC2)s1. The summed E-state index contributed by atoms with van der Waals surface area (Å²) >= 11 is 3.29. The van der Waals surface area contributed by atoms with Crippen LogP contribution in [0.5, 0.6) is 0 Å². The molecule has 2 heterocycles. The van der Waals surface area contributed by atoms with Crippen molar-refractivity contribution in [3.8, 4) is 0 Å². The summed E-state index contributed by atoms with van der Waals surface area (Å²) in [4.78, 5) is 13.3. The number of aromatic nitrogens is 2. The van der Waals surface area contributed by atoms with Crippen molar-refractivity contribution >= 4 is 33.7 Å². The first-order chi connectivity index (χ1) is 10.8. The molecule has 1 fully saturated rings. The number of nitrogens with zero attached hydrogens (tertiary/aromatic N) is 2. The molecule has 1 aliphatic rings. The smallest absolute Gasteiger partial charge is 0.226 e. The summed E-state index contributed by atoms with van der Waals surface area (Å²) in [5.74, 6) is 0.596. The van der Waals surface area contributed by atoms with E-state index in [1.807, 2.05) is 6.07 Å². The lowest BCUT2D eigenvalue weighted by Gasteiger charge is -2.18. The first-order valence-electron chi connectivity index (χ1n) is 7.97. The van der Waals surface area contributed by atoms with Crippen molar-refractivity contribution in [2.45, 2.75) is 57.3 Å². The van der Waals surface area contributed by atoms with E-state index in [0.717, 1.165) is 17.8 Å². The van der Waals surface area contributed by atoms with Gasteiger partial charge in [-0.2, -0.15) is 0 Å². The van der Waals surface area contributed by atoms with Crippen molar-refractivity contribution in [3.05, 3.63) is 27.4 Å². The second-order valence-corrected chi connectivity index (χ2v) is 7.80. The normalized spacial score (nSPS) is 15.8. The lowest BCUT2D eigenvalue weighted by molar-refractivity contribution is -0.116. The fraction of sp³-hybridized carbons (Fsp3) is 0.562. The van der Waals surface area contributed by atoms with Crippen molar-refractivity contribution in [1.29, 1.82) is 0 Å². The van der Waals surface area contributed by atoms with Crippen LogP contribution >= 0.6 is 22.7 Å². The van der Waals surface area contributed by atoms with Gasteiger partial charge in [-0.1, -0.05) is 36.7 Å². The molecule has 0 radical (unpaired) electrons. The fourth-order valence-corrected chi connectivity index (χ4v) is 4.54. The number of anilines is 1. The van der Waals surface area contributed by atoms with Gasteiger partial charge in [-0.3, -0.25) is 4.79 Å². The molecule has 0 spiro atoms. The van der Waals surface area contributed by atoms with Crippen LogP contribution in [0, 0.1) is 0 Å². The molecule has 6 heteroatoms. The first-order valence-corrected chi connectivity index (χ1v) is 9.66. The molecule has 4 nitrogen and oxygen atoms in total. The second kappa shape index (κ2) is 7.83. The lowest BCUT2D eigenvalue weighted by Crippen LogP contribution is -2.11. The van der Waals surface area contributed by atoms with Gasteiger partial charge in [0.1, 0.15) is 5.01 Å². The summed E-state index contributed by atoms with van der Waals surface area (Å²) < 4.78 is 0. The van der Waals surface area contributed by atoms with E-state index in [1.54, 1.807) is 22.7 Å². The standard InChI is InChI=1S/C16H21N3OS2/c20-14(10-4-8-13-9-5-11-21-13)17-16-19-18-15(22-16)12-6-2-1-3-7-12/h5,9,11-12H,1-4,6-8,10H2,(H,17,19,20). The molecule has 1 saturated carbocycles. The monoisotopic (exact) mass is 335 g/mol. The summed E-state index contributed by atoms with van der Waals surface area (Å²) in [5, 5.41) is 15.1. The van der Waals surface area contributed by atoms with Gasteiger partial charge in [0.25, 0.3) is 0 Å². The Morgan fingerprint density at radius 2 is 2.14 bits per heavy atom. The zero-order valence-electron chi connectivity index (χ0n) is 12.6. The highest BCUT2D eigenvalue weighted by atomic mass is 32.1. The van der Waals surface area contributed by atoms with Crippen LogP contribution in [0.15, 0.2) is 17.5 Å². The maximum Gasteiger partial charge on any atom is 0.226 e. The summed E-state index contributed by atoms with van der Waals surface area (Å²) in [5.41, 5.74) is 0. The Balaban J connectivity index is 1.44. The van der Waals surface area contributed by atoms with Gasteiger partial charge in [-0.05, 0) is 37.1 Å². The molecule has 3 rings (SSSR count). The molecule has 22 heavy (non-hydrogen) atoms. The van der Waals surface area contributed by atoms with E-state index >= 15 is 0 Å². The summed E-state index contributed by atoms with van der Waals surface area (Å²) in [6.07, 6.45) is 8.71. The molecular weight excluding hydrogens is 314 g/mol. The molecule has 1 N–H and O–H groups in total. The van der Waals surface area contributed by atoms with Crippen LogP contribution in [-0.2, 0) is 11.2 Å². The number of nitrogens with one attached hydrogen (secondary N) is 1. The Bertz CT molecular complexity index is 588.